The Kier molecular flexibility index (Phi) is 4.52. The van der Waals surface area contributed by atoms with Crippen LogP contribution in [0.3, 0.4) is 0 Å². The number of carbonyl (C=O) groups is 1. The van der Waals surface area contributed by atoms with Gasteiger partial charge in [-0.05, 0) is 32.0 Å². The molecule has 0 spiro atoms. The summed E-state index contributed by atoms with van der Waals surface area (Å²) in [4.78, 5) is 29.7. The maximum atomic E-state index is 12.7. The summed E-state index contributed by atoms with van der Waals surface area (Å²) in [5.41, 5.74) is 2.75. The number of nitrogens with zero attached hydrogens (tertiary/aromatic N) is 4. The van der Waals surface area contributed by atoms with Crippen molar-refractivity contribution < 1.29 is 4.79 Å². The number of aromatic nitrogens is 5. The molecule has 3 heterocycles. The maximum absolute atomic E-state index is 12.7. The first-order chi connectivity index (χ1) is 13.5. The Labute approximate surface area is 160 Å². The molecule has 0 aliphatic rings. The monoisotopic (exact) mass is 376 g/mol. The van der Waals surface area contributed by atoms with Gasteiger partial charge in [0.15, 0.2) is 5.65 Å². The second kappa shape index (κ2) is 7.15. The molecular weight excluding hydrogens is 356 g/mol. The molecule has 1 unspecified atom stereocenters. The molecule has 1 amide bonds. The van der Waals surface area contributed by atoms with E-state index in [9.17, 15) is 9.59 Å². The van der Waals surface area contributed by atoms with Gasteiger partial charge in [0.2, 0.25) is 0 Å². The van der Waals surface area contributed by atoms with Crippen LogP contribution in [0.4, 0.5) is 5.69 Å². The zero-order valence-corrected chi connectivity index (χ0v) is 15.6. The van der Waals surface area contributed by atoms with Crippen molar-refractivity contribution in [3.05, 3.63) is 82.2 Å². The highest BCUT2D eigenvalue weighted by Crippen LogP contribution is 2.15. The highest BCUT2D eigenvalue weighted by atomic mass is 16.2. The normalized spacial score (nSPS) is 12.2. The summed E-state index contributed by atoms with van der Waals surface area (Å²) in [6.45, 7) is 3.98. The van der Waals surface area contributed by atoms with Crippen molar-refractivity contribution in [2.75, 3.05) is 5.32 Å². The third-order valence-corrected chi connectivity index (χ3v) is 4.59. The molecule has 1 atom stereocenters. The molecule has 0 bridgehead atoms. The van der Waals surface area contributed by atoms with Gasteiger partial charge >= 0.3 is 0 Å². The van der Waals surface area contributed by atoms with Crippen LogP contribution in [0.1, 0.15) is 34.6 Å². The molecule has 0 saturated carbocycles. The van der Waals surface area contributed by atoms with Crippen LogP contribution in [0.5, 0.6) is 0 Å². The lowest BCUT2D eigenvalue weighted by molar-refractivity contribution is 0.102. The molecule has 8 nitrogen and oxygen atoms in total. The van der Waals surface area contributed by atoms with Crippen LogP contribution in [0.2, 0.25) is 0 Å². The van der Waals surface area contributed by atoms with E-state index in [2.05, 4.69) is 20.5 Å². The van der Waals surface area contributed by atoms with E-state index in [0.717, 1.165) is 5.56 Å². The highest BCUT2D eigenvalue weighted by Gasteiger charge is 2.17. The van der Waals surface area contributed by atoms with E-state index in [1.54, 1.807) is 6.20 Å². The molecule has 0 fully saturated rings. The number of rotatable bonds is 5. The lowest BCUT2D eigenvalue weighted by Gasteiger charge is -2.11. The van der Waals surface area contributed by atoms with Gasteiger partial charge in [-0.25, -0.2) is 9.50 Å². The molecule has 0 aliphatic heterocycles. The molecule has 28 heavy (non-hydrogen) atoms. The van der Waals surface area contributed by atoms with Gasteiger partial charge in [0.05, 0.1) is 11.7 Å². The number of aromatic amines is 1. The minimum atomic E-state index is -0.327. The number of H-pyrrole nitrogens is 1. The van der Waals surface area contributed by atoms with Gasteiger partial charge in [-0.3, -0.25) is 19.4 Å². The van der Waals surface area contributed by atoms with Gasteiger partial charge < -0.3 is 5.32 Å². The fourth-order valence-corrected chi connectivity index (χ4v) is 3.07. The Hall–Kier alpha value is -3.68. The fraction of sp³-hybridized carbons (Fsp3) is 0.200. The smallest absolute Gasteiger partial charge is 0.272 e. The first kappa shape index (κ1) is 17.7. The van der Waals surface area contributed by atoms with Crippen LogP contribution in [0.25, 0.3) is 5.65 Å². The molecule has 0 radical (unpaired) electrons. The minimum Gasteiger partial charge on any atom is -0.322 e. The predicted octanol–water partition coefficient (Wildman–Crippen LogP) is 2.58. The second-order valence-electron chi connectivity index (χ2n) is 6.79. The van der Waals surface area contributed by atoms with Crippen LogP contribution in [0.15, 0.2) is 59.8 Å². The quantitative estimate of drug-likeness (QED) is 0.559. The Bertz CT molecular complexity index is 1170. The molecule has 142 valence electrons. The van der Waals surface area contributed by atoms with E-state index in [0.29, 0.717) is 29.0 Å². The third kappa shape index (κ3) is 3.44. The second-order valence-corrected chi connectivity index (χ2v) is 6.79. The summed E-state index contributed by atoms with van der Waals surface area (Å²) in [5.74, 6) is -0.327. The zero-order chi connectivity index (χ0) is 19.7. The first-order valence-corrected chi connectivity index (χ1v) is 8.98. The van der Waals surface area contributed by atoms with Crippen LogP contribution in [0, 0.1) is 6.92 Å². The fourth-order valence-electron chi connectivity index (χ4n) is 3.07. The topological polar surface area (TPSA) is 97.1 Å². The molecular formula is C20H20N6O2. The average molecular weight is 376 g/mol. The predicted molar refractivity (Wildman–Crippen MR) is 106 cm³/mol. The van der Waals surface area contributed by atoms with Gasteiger partial charge in [-0.15, -0.1) is 0 Å². The summed E-state index contributed by atoms with van der Waals surface area (Å²) in [5, 5.41) is 9.86. The molecule has 8 heteroatoms. The summed E-state index contributed by atoms with van der Waals surface area (Å²) in [6, 6.07) is 10.9. The average Bonchev–Trinajstić information content (AvgIpc) is 3.33. The maximum Gasteiger partial charge on any atom is 0.272 e. The summed E-state index contributed by atoms with van der Waals surface area (Å²) >= 11 is 0. The molecule has 2 N–H and O–H groups in total. The van der Waals surface area contributed by atoms with Crippen molar-refractivity contribution in [2.24, 2.45) is 0 Å². The number of hydrogen-bond acceptors (Lipinski definition) is 4. The molecule has 0 saturated heterocycles. The lowest BCUT2D eigenvalue weighted by Crippen LogP contribution is -2.19. The van der Waals surface area contributed by atoms with E-state index in [1.807, 2.05) is 55.1 Å². The number of hydrogen-bond donors (Lipinski definition) is 2. The number of carbonyl (C=O) groups excluding carboxylic acids is 1. The van der Waals surface area contributed by atoms with Crippen LogP contribution in [-0.4, -0.2) is 30.3 Å². The van der Waals surface area contributed by atoms with E-state index < -0.39 is 0 Å². The van der Waals surface area contributed by atoms with Crippen LogP contribution < -0.4 is 10.9 Å². The van der Waals surface area contributed by atoms with Crippen molar-refractivity contribution in [3.8, 4) is 0 Å². The zero-order valence-electron chi connectivity index (χ0n) is 15.6. The molecule has 4 aromatic rings. The number of aryl methyl sites for hydroxylation is 1. The summed E-state index contributed by atoms with van der Waals surface area (Å²) in [7, 11) is 0. The number of amides is 1. The van der Waals surface area contributed by atoms with E-state index in [1.165, 1.54) is 16.8 Å². The Balaban J connectivity index is 1.64. The summed E-state index contributed by atoms with van der Waals surface area (Å²) in [6.07, 6.45) is 5.60. The summed E-state index contributed by atoms with van der Waals surface area (Å²) < 4.78 is 3.08. The van der Waals surface area contributed by atoms with Crippen LogP contribution >= 0.6 is 0 Å². The molecule has 0 aliphatic carbocycles. The van der Waals surface area contributed by atoms with Crippen molar-refractivity contribution in [1.82, 2.24) is 24.4 Å². The van der Waals surface area contributed by atoms with Crippen molar-refractivity contribution in [2.45, 2.75) is 26.3 Å². The number of anilines is 1. The highest BCUT2D eigenvalue weighted by molar-refractivity contribution is 6.08. The molecule has 4 rings (SSSR count). The van der Waals surface area contributed by atoms with Crippen molar-refractivity contribution in [1.29, 1.82) is 0 Å². The third-order valence-electron chi connectivity index (χ3n) is 4.59. The van der Waals surface area contributed by atoms with Gasteiger partial charge in [-0.2, -0.15) is 5.10 Å². The Morgan fingerprint density at radius 2 is 2.07 bits per heavy atom. The van der Waals surface area contributed by atoms with Crippen LogP contribution in [-0.2, 0) is 6.42 Å². The standard InChI is InChI=1S/C20H20N6O2/c1-13-4-6-15(7-5-13)24-20(28)17-12-22-26-18(27)11-16(23-19(17)26)10-14(2)25-9-3-8-21-25/h3-9,11-12,14,22H,10H2,1-2H3,(H,24,28). The SMILES string of the molecule is Cc1ccc(NC(=O)c2c[nH]n3c(=O)cc(CC(C)n4cccn4)nc23)cc1. The Morgan fingerprint density at radius 1 is 1.29 bits per heavy atom. The molecule has 3 aromatic heterocycles. The first-order valence-electron chi connectivity index (χ1n) is 8.98. The van der Waals surface area contributed by atoms with E-state index in [-0.39, 0.29) is 17.5 Å². The number of fused-ring (bicyclic) bond motifs is 1. The van der Waals surface area contributed by atoms with E-state index in [4.69, 9.17) is 0 Å². The van der Waals surface area contributed by atoms with Gasteiger partial charge in [0.1, 0.15) is 5.56 Å². The largest absolute Gasteiger partial charge is 0.322 e. The van der Waals surface area contributed by atoms with Gasteiger partial charge in [0, 0.05) is 36.8 Å². The minimum absolute atomic E-state index is 0.0353. The number of benzene rings is 1. The van der Waals surface area contributed by atoms with Gasteiger partial charge in [0.25, 0.3) is 11.5 Å². The molecule has 1 aromatic carbocycles. The van der Waals surface area contributed by atoms with E-state index >= 15 is 0 Å². The van der Waals surface area contributed by atoms with Crippen molar-refractivity contribution >= 4 is 17.2 Å². The van der Waals surface area contributed by atoms with Gasteiger partial charge in [-0.1, -0.05) is 17.7 Å². The van der Waals surface area contributed by atoms with Crippen molar-refractivity contribution in [3.63, 3.8) is 0 Å². The Morgan fingerprint density at radius 3 is 2.79 bits per heavy atom. The number of nitrogens with one attached hydrogen (secondary N) is 2. The lowest BCUT2D eigenvalue weighted by atomic mass is 10.2.